The second-order valence-electron chi connectivity index (χ2n) is 6.03. The van der Waals surface area contributed by atoms with E-state index in [2.05, 4.69) is 20.4 Å². The lowest BCUT2D eigenvalue weighted by atomic mass is 9.84. The fourth-order valence-corrected chi connectivity index (χ4v) is 3.40. The molecule has 1 aliphatic carbocycles. The summed E-state index contributed by atoms with van der Waals surface area (Å²) in [5, 5.41) is 7.59. The van der Waals surface area contributed by atoms with Crippen LogP contribution in [0.3, 0.4) is 0 Å². The van der Waals surface area contributed by atoms with Crippen LogP contribution in [0.25, 0.3) is 0 Å². The third-order valence-electron chi connectivity index (χ3n) is 4.53. The van der Waals surface area contributed by atoms with Crippen LogP contribution in [0.1, 0.15) is 50.7 Å². The van der Waals surface area contributed by atoms with Gasteiger partial charge in [-0.05, 0) is 19.8 Å². The van der Waals surface area contributed by atoms with Gasteiger partial charge in [-0.2, -0.15) is 4.98 Å². The zero-order chi connectivity index (χ0) is 14.5. The summed E-state index contributed by atoms with van der Waals surface area (Å²) in [4.78, 5) is 7.00. The van der Waals surface area contributed by atoms with Crippen LogP contribution in [0.4, 0.5) is 0 Å². The van der Waals surface area contributed by atoms with E-state index >= 15 is 0 Å². The lowest BCUT2D eigenvalue weighted by molar-refractivity contribution is -0.0777. The van der Waals surface area contributed by atoms with Crippen LogP contribution < -0.4 is 5.32 Å². The summed E-state index contributed by atoms with van der Waals surface area (Å²) in [6.45, 7) is 7.62. The fourth-order valence-electron chi connectivity index (χ4n) is 3.40. The molecule has 2 fully saturated rings. The van der Waals surface area contributed by atoms with Crippen molar-refractivity contribution in [3.05, 3.63) is 11.7 Å². The van der Waals surface area contributed by atoms with Crippen LogP contribution >= 0.6 is 0 Å². The van der Waals surface area contributed by atoms with Gasteiger partial charge in [0.25, 0.3) is 0 Å². The Morgan fingerprint density at radius 1 is 1.24 bits per heavy atom. The van der Waals surface area contributed by atoms with Crippen LogP contribution in [0.5, 0.6) is 0 Å². The minimum Gasteiger partial charge on any atom is -0.367 e. The number of nitrogens with one attached hydrogen (secondary N) is 1. The number of ether oxygens (including phenoxy) is 1. The highest BCUT2D eigenvalue weighted by Crippen LogP contribution is 2.39. The second-order valence-corrected chi connectivity index (χ2v) is 6.03. The summed E-state index contributed by atoms with van der Waals surface area (Å²) < 4.78 is 11.5. The van der Waals surface area contributed by atoms with Gasteiger partial charge in [-0.1, -0.05) is 24.4 Å². The Hall–Kier alpha value is -0.980. The van der Waals surface area contributed by atoms with Gasteiger partial charge in [-0.15, -0.1) is 0 Å². The first kappa shape index (κ1) is 14.9. The van der Waals surface area contributed by atoms with Gasteiger partial charge in [-0.3, -0.25) is 4.90 Å². The summed E-state index contributed by atoms with van der Waals surface area (Å²) in [6, 6.07) is 0. The maximum Gasteiger partial charge on any atom is 0.240 e. The molecule has 6 heteroatoms. The molecule has 0 radical (unpaired) electrons. The number of rotatable bonds is 5. The molecule has 1 N–H and O–H groups in total. The molecule has 1 aromatic heterocycles. The van der Waals surface area contributed by atoms with Crippen molar-refractivity contribution in [3.63, 3.8) is 0 Å². The van der Waals surface area contributed by atoms with Gasteiger partial charge in [0.1, 0.15) is 5.60 Å². The first-order chi connectivity index (χ1) is 10.3. The molecule has 2 heterocycles. The molecule has 0 atom stereocenters. The van der Waals surface area contributed by atoms with Gasteiger partial charge in [-0.25, -0.2) is 0 Å². The molecule has 1 saturated heterocycles. The largest absolute Gasteiger partial charge is 0.367 e. The van der Waals surface area contributed by atoms with E-state index in [9.17, 15) is 0 Å². The van der Waals surface area contributed by atoms with Crippen molar-refractivity contribution in [2.24, 2.45) is 0 Å². The number of nitrogens with zero attached hydrogens (tertiary/aromatic N) is 3. The van der Waals surface area contributed by atoms with E-state index in [1.54, 1.807) is 0 Å². The van der Waals surface area contributed by atoms with Crippen molar-refractivity contribution < 1.29 is 9.26 Å². The maximum atomic E-state index is 6.05. The smallest absolute Gasteiger partial charge is 0.240 e. The maximum absolute atomic E-state index is 6.05. The molecular formula is C15H26N4O2. The number of hydrogen-bond acceptors (Lipinski definition) is 6. The SMILES string of the molecule is CCOC1(c2noc(CN3CCNCC3)n2)CCCCC1. The normalized spacial score (nSPS) is 23.3. The Bertz CT molecular complexity index is 431. The van der Waals surface area contributed by atoms with E-state index < -0.39 is 0 Å². The van der Waals surface area contributed by atoms with Crippen LogP contribution in [-0.2, 0) is 16.9 Å². The lowest BCUT2D eigenvalue weighted by Gasteiger charge is -2.33. The molecular weight excluding hydrogens is 268 g/mol. The molecule has 0 amide bonds. The second kappa shape index (κ2) is 6.85. The number of aromatic nitrogens is 2. The highest BCUT2D eigenvalue weighted by Gasteiger charge is 2.39. The monoisotopic (exact) mass is 294 g/mol. The Labute approximate surface area is 126 Å². The molecule has 0 unspecified atom stereocenters. The predicted molar refractivity (Wildman–Crippen MR) is 78.8 cm³/mol. The van der Waals surface area contributed by atoms with Gasteiger partial charge in [0, 0.05) is 32.8 Å². The van der Waals surface area contributed by atoms with Crippen molar-refractivity contribution in [3.8, 4) is 0 Å². The third-order valence-corrected chi connectivity index (χ3v) is 4.53. The van der Waals surface area contributed by atoms with Crippen molar-refractivity contribution in [1.29, 1.82) is 0 Å². The highest BCUT2D eigenvalue weighted by atomic mass is 16.5. The standard InChI is InChI=1S/C15H26N4O2/c1-2-20-15(6-4-3-5-7-15)14-17-13(21-18-14)12-19-10-8-16-9-11-19/h16H,2-12H2,1H3. The van der Waals surface area contributed by atoms with Gasteiger partial charge in [0.05, 0.1) is 6.54 Å². The van der Waals surface area contributed by atoms with Crippen molar-refractivity contribution in [2.75, 3.05) is 32.8 Å². The lowest BCUT2D eigenvalue weighted by Crippen LogP contribution is -2.43. The Morgan fingerprint density at radius 2 is 2.00 bits per heavy atom. The molecule has 0 spiro atoms. The molecule has 118 valence electrons. The van der Waals surface area contributed by atoms with E-state index in [0.717, 1.165) is 57.3 Å². The van der Waals surface area contributed by atoms with Crippen molar-refractivity contribution in [1.82, 2.24) is 20.4 Å². The fraction of sp³-hybridized carbons (Fsp3) is 0.867. The third kappa shape index (κ3) is 3.44. The van der Waals surface area contributed by atoms with Gasteiger partial charge in [0.2, 0.25) is 11.7 Å². The Balaban J connectivity index is 1.69. The van der Waals surface area contributed by atoms with E-state index in [1.807, 2.05) is 6.92 Å². The van der Waals surface area contributed by atoms with Crippen molar-refractivity contribution in [2.45, 2.75) is 51.2 Å². The van der Waals surface area contributed by atoms with E-state index in [4.69, 9.17) is 9.26 Å². The summed E-state index contributed by atoms with van der Waals surface area (Å²) in [5.74, 6) is 1.48. The molecule has 1 aromatic rings. The topological polar surface area (TPSA) is 63.4 Å². The zero-order valence-corrected chi connectivity index (χ0v) is 12.9. The van der Waals surface area contributed by atoms with Gasteiger partial charge in [0.15, 0.2) is 0 Å². The summed E-state index contributed by atoms with van der Waals surface area (Å²) >= 11 is 0. The van der Waals surface area contributed by atoms with Crippen LogP contribution in [0.2, 0.25) is 0 Å². The quantitative estimate of drug-likeness (QED) is 0.891. The van der Waals surface area contributed by atoms with Crippen molar-refractivity contribution >= 4 is 0 Å². The molecule has 1 aliphatic heterocycles. The first-order valence-corrected chi connectivity index (χ1v) is 8.22. The average Bonchev–Trinajstić information content (AvgIpc) is 2.99. The Morgan fingerprint density at radius 3 is 2.71 bits per heavy atom. The van der Waals surface area contributed by atoms with Gasteiger partial charge >= 0.3 is 0 Å². The molecule has 0 aromatic carbocycles. The Kier molecular flexibility index (Phi) is 4.87. The van der Waals surface area contributed by atoms with Crippen LogP contribution in [-0.4, -0.2) is 47.8 Å². The van der Waals surface area contributed by atoms with Crippen LogP contribution in [0, 0.1) is 0 Å². The summed E-state index contributed by atoms with van der Waals surface area (Å²) in [6.07, 6.45) is 5.66. The molecule has 1 saturated carbocycles. The molecule has 0 bridgehead atoms. The highest BCUT2D eigenvalue weighted by molar-refractivity contribution is 5.03. The van der Waals surface area contributed by atoms with E-state index in [1.165, 1.54) is 19.3 Å². The zero-order valence-electron chi connectivity index (χ0n) is 12.9. The average molecular weight is 294 g/mol. The van der Waals surface area contributed by atoms with Crippen LogP contribution in [0.15, 0.2) is 4.52 Å². The molecule has 3 rings (SSSR count). The van der Waals surface area contributed by atoms with Gasteiger partial charge < -0.3 is 14.6 Å². The molecule has 2 aliphatic rings. The minimum absolute atomic E-state index is 0.307. The minimum atomic E-state index is -0.307. The first-order valence-electron chi connectivity index (χ1n) is 8.22. The summed E-state index contributed by atoms with van der Waals surface area (Å²) in [7, 11) is 0. The predicted octanol–water partition coefficient (Wildman–Crippen LogP) is 1.67. The number of hydrogen-bond donors (Lipinski definition) is 1. The number of piperazine rings is 1. The van der Waals surface area contributed by atoms with E-state index in [0.29, 0.717) is 6.61 Å². The molecule has 6 nitrogen and oxygen atoms in total. The summed E-state index contributed by atoms with van der Waals surface area (Å²) in [5.41, 5.74) is -0.307. The van der Waals surface area contributed by atoms with E-state index in [-0.39, 0.29) is 5.60 Å². The molecule has 21 heavy (non-hydrogen) atoms.